The molecule has 1 aromatic rings. The maximum Gasteiger partial charge on any atom is 0.306 e. The van der Waals surface area contributed by atoms with E-state index in [4.69, 9.17) is 10.5 Å². The summed E-state index contributed by atoms with van der Waals surface area (Å²) in [4.78, 5) is 23.1. The first-order valence-corrected chi connectivity index (χ1v) is 6.14. The molecule has 1 aromatic carbocycles. The van der Waals surface area contributed by atoms with Gasteiger partial charge in [-0.15, -0.1) is 0 Å². The lowest BCUT2D eigenvalue weighted by molar-refractivity contribution is -0.155. The van der Waals surface area contributed by atoms with Crippen LogP contribution in [0.5, 0.6) is 0 Å². The summed E-state index contributed by atoms with van der Waals surface area (Å²) in [7, 11) is 0. The number of rotatable bonds is 4. The predicted octanol–water partition coefficient (Wildman–Crippen LogP) is 2.33. The van der Waals surface area contributed by atoms with Gasteiger partial charge in [-0.1, -0.05) is 12.1 Å². The Labute approximate surface area is 113 Å². The molecule has 3 N–H and O–H groups in total. The van der Waals surface area contributed by atoms with Crippen molar-refractivity contribution < 1.29 is 14.3 Å². The average Bonchev–Trinajstić information content (AvgIpc) is 2.27. The van der Waals surface area contributed by atoms with E-state index in [-0.39, 0.29) is 24.7 Å². The Balaban J connectivity index is 2.41. The summed E-state index contributed by atoms with van der Waals surface area (Å²) in [6.07, 6.45) is 0.124. The van der Waals surface area contributed by atoms with Crippen LogP contribution in [0.4, 0.5) is 11.4 Å². The number of anilines is 2. The van der Waals surface area contributed by atoms with Crippen LogP contribution >= 0.6 is 0 Å². The maximum absolute atomic E-state index is 11.7. The van der Waals surface area contributed by atoms with Crippen LogP contribution in [0.3, 0.4) is 0 Å². The van der Waals surface area contributed by atoms with Gasteiger partial charge in [0.15, 0.2) is 0 Å². The molecular formula is C14H20N2O3. The van der Waals surface area contributed by atoms with Crippen LogP contribution in [0, 0.1) is 0 Å². The van der Waals surface area contributed by atoms with Gasteiger partial charge in [0.2, 0.25) is 5.91 Å². The highest BCUT2D eigenvalue weighted by Crippen LogP contribution is 2.17. The predicted molar refractivity (Wildman–Crippen MR) is 74.6 cm³/mol. The van der Waals surface area contributed by atoms with Crippen molar-refractivity contribution in [2.45, 2.75) is 39.2 Å². The number of nitrogens with two attached hydrogens (primary N) is 1. The summed E-state index contributed by atoms with van der Waals surface area (Å²) in [5.74, 6) is -0.646. The van der Waals surface area contributed by atoms with Crippen molar-refractivity contribution in [1.82, 2.24) is 0 Å². The Hall–Kier alpha value is -2.04. The third-order valence-corrected chi connectivity index (χ3v) is 2.21. The molecule has 0 unspecified atom stereocenters. The van der Waals surface area contributed by atoms with Crippen LogP contribution in [0.15, 0.2) is 24.3 Å². The highest BCUT2D eigenvalue weighted by Gasteiger charge is 2.17. The van der Waals surface area contributed by atoms with Crippen molar-refractivity contribution in [3.63, 3.8) is 0 Å². The minimum absolute atomic E-state index is 0.0514. The quantitative estimate of drug-likeness (QED) is 0.646. The standard InChI is InChI=1S/C14H20N2O3/c1-14(2,3)19-13(18)9-8-12(17)16-11-7-5-4-6-10(11)15/h4-7H,8-9,15H2,1-3H3,(H,16,17). The summed E-state index contributed by atoms with van der Waals surface area (Å²) in [5, 5.41) is 2.66. The first kappa shape index (κ1) is 15.0. The molecule has 19 heavy (non-hydrogen) atoms. The monoisotopic (exact) mass is 264 g/mol. The Bertz CT molecular complexity index is 464. The largest absolute Gasteiger partial charge is 0.460 e. The van der Waals surface area contributed by atoms with E-state index in [9.17, 15) is 9.59 Å². The molecule has 0 heterocycles. The normalized spacial score (nSPS) is 10.9. The van der Waals surface area contributed by atoms with Gasteiger partial charge in [-0.3, -0.25) is 9.59 Å². The number of nitrogens with one attached hydrogen (secondary N) is 1. The van der Waals surface area contributed by atoms with Crippen molar-refractivity contribution in [3.8, 4) is 0 Å². The number of carbonyl (C=O) groups is 2. The van der Waals surface area contributed by atoms with Crippen molar-refractivity contribution in [1.29, 1.82) is 0 Å². The van der Waals surface area contributed by atoms with E-state index in [1.807, 2.05) is 0 Å². The summed E-state index contributed by atoms with van der Waals surface area (Å²) < 4.78 is 5.12. The average molecular weight is 264 g/mol. The number of nitrogen functional groups attached to an aromatic ring is 1. The first-order chi connectivity index (χ1) is 8.78. The van der Waals surface area contributed by atoms with Gasteiger partial charge in [0, 0.05) is 6.42 Å². The number of carbonyl (C=O) groups excluding carboxylic acids is 2. The van der Waals surface area contributed by atoms with Gasteiger partial charge >= 0.3 is 5.97 Å². The summed E-state index contributed by atoms with van der Waals surface area (Å²) in [6, 6.07) is 6.97. The molecule has 0 aromatic heterocycles. The molecule has 0 saturated heterocycles. The SMILES string of the molecule is CC(C)(C)OC(=O)CCC(=O)Nc1ccccc1N. The number of hydrogen-bond acceptors (Lipinski definition) is 4. The fraction of sp³-hybridized carbons (Fsp3) is 0.429. The van der Waals surface area contributed by atoms with E-state index >= 15 is 0 Å². The number of esters is 1. The third kappa shape index (κ3) is 5.90. The van der Waals surface area contributed by atoms with Gasteiger partial charge in [0.1, 0.15) is 5.60 Å². The molecule has 0 saturated carbocycles. The number of ether oxygens (including phenoxy) is 1. The zero-order valence-electron chi connectivity index (χ0n) is 11.5. The van der Waals surface area contributed by atoms with Crippen molar-refractivity contribution in [2.24, 2.45) is 0 Å². The van der Waals surface area contributed by atoms with Crippen LogP contribution in [-0.2, 0) is 14.3 Å². The molecule has 1 amide bonds. The lowest BCUT2D eigenvalue weighted by Gasteiger charge is -2.19. The maximum atomic E-state index is 11.7. The van der Waals surface area contributed by atoms with E-state index in [1.165, 1.54) is 0 Å². The van der Waals surface area contributed by atoms with Crippen LogP contribution in [0.25, 0.3) is 0 Å². The lowest BCUT2D eigenvalue weighted by Crippen LogP contribution is -2.24. The number of benzene rings is 1. The number of para-hydroxylation sites is 2. The van der Waals surface area contributed by atoms with Gasteiger partial charge < -0.3 is 15.8 Å². The number of hydrogen-bond donors (Lipinski definition) is 2. The second-order valence-corrected chi connectivity index (χ2v) is 5.22. The van der Waals surface area contributed by atoms with Crippen molar-refractivity contribution in [2.75, 3.05) is 11.1 Å². The minimum Gasteiger partial charge on any atom is -0.460 e. The summed E-state index contributed by atoms with van der Waals surface area (Å²) >= 11 is 0. The molecule has 104 valence electrons. The molecule has 1 rings (SSSR count). The Morgan fingerprint density at radius 1 is 1.21 bits per heavy atom. The molecule has 0 aliphatic heterocycles. The third-order valence-electron chi connectivity index (χ3n) is 2.21. The van der Waals surface area contributed by atoms with Crippen molar-refractivity contribution in [3.05, 3.63) is 24.3 Å². The second-order valence-electron chi connectivity index (χ2n) is 5.22. The topological polar surface area (TPSA) is 81.4 Å². The molecular weight excluding hydrogens is 244 g/mol. The Kier molecular flexibility index (Phi) is 4.92. The molecule has 0 radical (unpaired) electrons. The van der Waals surface area contributed by atoms with Gasteiger partial charge in [-0.2, -0.15) is 0 Å². The zero-order valence-corrected chi connectivity index (χ0v) is 11.5. The summed E-state index contributed by atoms with van der Waals surface area (Å²) in [5.41, 5.74) is 6.22. The minimum atomic E-state index is -0.530. The van der Waals surface area contributed by atoms with Crippen LogP contribution < -0.4 is 11.1 Å². The number of amides is 1. The highest BCUT2D eigenvalue weighted by atomic mass is 16.6. The highest BCUT2D eigenvalue weighted by molar-refractivity contribution is 5.95. The Morgan fingerprint density at radius 3 is 2.42 bits per heavy atom. The molecule has 5 nitrogen and oxygen atoms in total. The van der Waals surface area contributed by atoms with Crippen molar-refractivity contribution >= 4 is 23.3 Å². The fourth-order valence-corrected chi connectivity index (χ4v) is 1.43. The molecule has 5 heteroatoms. The zero-order chi connectivity index (χ0) is 14.5. The van der Waals surface area contributed by atoms with E-state index in [2.05, 4.69) is 5.32 Å². The van der Waals surface area contributed by atoms with Gasteiger partial charge in [-0.05, 0) is 32.9 Å². The molecule has 0 bridgehead atoms. The van der Waals surface area contributed by atoms with E-state index < -0.39 is 5.60 Å². The van der Waals surface area contributed by atoms with Crippen LogP contribution in [0.1, 0.15) is 33.6 Å². The second kappa shape index (κ2) is 6.22. The first-order valence-electron chi connectivity index (χ1n) is 6.14. The van der Waals surface area contributed by atoms with Gasteiger partial charge in [0.25, 0.3) is 0 Å². The summed E-state index contributed by atoms with van der Waals surface area (Å²) in [6.45, 7) is 5.36. The van der Waals surface area contributed by atoms with Gasteiger partial charge in [0.05, 0.1) is 17.8 Å². The van der Waals surface area contributed by atoms with Crippen LogP contribution in [0.2, 0.25) is 0 Å². The van der Waals surface area contributed by atoms with E-state index in [1.54, 1.807) is 45.0 Å². The molecule has 0 aliphatic rings. The van der Waals surface area contributed by atoms with Gasteiger partial charge in [-0.25, -0.2) is 0 Å². The van der Waals surface area contributed by atoms with E-state index in [0.29, 0.717) is 11.4 Å². The Morgan fingerprint density at radius 2 is 1.84 bits per heavy atom. The van der Waals surface area contributed by atoms with Crippen LogP contribution in [-0.4, -0.2) is 17.5 Å². The molecule has 0 aliphatic carbocycles. The molecule has 0 fully saturated rings. The fourth-order valence-electron chi connectivity index (χ4n) is 1.43. The molecule has 0 atom stereocenters. The van der Waals surface area contributed by atoms with E-state index in [0.717, 1.165) is 0 Å². The molecule has 0 spiro atoms. The lowest BCUT2D eigenvalue weighted by atomic mass is 10.2. The smallest absolute Gasteiger partial charge is 0.306 e.